The van der Waals surface area contributed by atoms with Gasteiger partial charge in [0, 0.05) is 26.2 Å². The summed E-state index contributed by atoms with van der Waals surface area (Å²) in [5.74, 6) is 1.29. The van der Waals surface area contributed by atoms with Crippen LogP contribution in [0.25, 0.3) is 10.2 Å². The number of carbonyl (C=O) groups excluding carboxylic acids is 1. The molecule has 0 unspecified atom stereocenters. The molecule has 7 heteroatoms. The number of aromatic hydroxyl groups is 1. The van der Waals surface area contributed by atoms with Crippen molar-refractivity contribution in [2.75, 3.05) is 31.1 Å². The van der Waals surface area contributed by atoms with Gasteiger partial charge in [-0.1, -0.05) is 12.1 Å². The summed E-state index contributed by atoms with van der Waals surface area (Å²) >= 11 is 1.65. The monoisotopic (exact) mass is 368 g/mol. The zero-order valence-corrected chi connectivity index (χ0v) is 15.4. The summed E-state index contributed by atoms with van der Waals surface area (Å²) in [6, 6.07) is 7.43. The molecule has 1 aliphatic heterocycles. The smallest absolute Gasteiger partial charge is 0.227 e. The average molecular weight is 368 g/mol. The molecule has 134 valence electrons. The maximum atomic E-state index is 12.6. The normalized spacial score (nSPS) is 14.8. The van der Waals surface area contributed by atoms with Gasteiger partial charge in [0.25, 0.3) is 0 Å². The van der Waals surface area contributed by atoms with Crippen molar-refractivity contribution in [3.8, 4) is 5.75 Å². The predicted molar refractivity (Wildman–Crippen MR) is 103 cm³/mol. The van der Waals surface area contributed by atoms with Gasteiger partial charge in [0.15, 0.2) is 0 Å². The van der Waals surface area contributed by atoms with Crippen molar-refractivity contribution in [1.82, 2.24) is 14.9 Å². The van der Waals surface area contributed by atoms with Crippen molar-refractivity contribution in [1.29, 1.82) is 0 Å². The number of phenolic OH excluding ortho intramolecular Hbond substituents is 1. The summed E-state index contributed by atoms with van der Waals surface area (Å²) < 4.78 is 1.10. The molecule has 4 rings (SSSR count). The number of carbonyl (C=O) groups is 1. The molecule has 0 aliphatic carbocycles. The van der Waals surface area contributed by atoms with Gasteiger partial charge < -0.3 is 14.9 Å². The molecule has 1 fully saturated rings. The van der Waals surface area contributed by atoms with Gasteiger partial charge >= 0.3 is 0 Å². The van der Waals surface area contributed by atoms with Crippen LogP contribution in [0.2, 0.25) is 0 Å². The van der Waals surface area contributed by atoms with E-state index < -0.39 is 0 Å². The molecule has 6 nitrogen and oxygen atoms in total. The second-order valence-corrected chi connectivity index (χ2v) is 7.41. The van der Waals surface area contributed by atoms with Crippen molar-refractivity contribution < 1.29 is 9.90 Å². The lowest BCUT2D eigenvalue weighted by Crippen LogP contribution is -2.49. The first-order valence-corrected chi connectivity index (χ1v) is 9.49. The highest BCUT2D eigenvalue weighted by Crippen LogP contribution is 2.28. The third kappa shape index (κ3) is 3.22. The van der Waals surface area contributed by atoms with Gasteiger partial charge in [-0.15, -0.1) is 11.3 Å². The standard InChI is InChI=1S/C19H20N4O2S/c1-13-2-3-14(10-16(13)24)11-17(25)22-5-7-23(8-6-22)19-18-15(4-9-26-18)20-12-21-19/h2-4,9-10,12,24H,5-8,11H2,1H3. The summed E-state index contributed by atoms with van der Waals surface area (Å²) in [4.78, 5) is 25.4. The van der Waals surface area contributed by atoms with Crippen molar-refractivity contribution in [2.24, 2.45) is 0 Å². The van der Waals surface area contributed by atoms with Gasteiger partial charge in [0.2, 0.25) is 5.91 Å². The molecule has 3 heterocycles. The van der Waals surface area contributed by atoms with Crippen molar-refractivity contribution in [3.05, 3.63) is 47.1 Å². The van der Waals surface area contributed by atoms with Gasteiger partial charge in [-0.25, -0.2) is 9.97 Å². The molecule has 1 saturated heterocycles. The van der Waals surface area contributed by atoms with Crippen LogP contribution >= 0.6 is 11.3 Å². The molecule has 1 aromatic carbocycles. The largest absolute Gasteiger partial charge is 0.508 e. The quantitative estimate of drug-likeness (QED) is 0.770. The molecule has 1 N–H and O–H groups in total. The Balaban J connectivity index is 1.40. The number of hydrogen-bond donors (Lipinski definition) is 1. The summed E-state index contributed by atoms with van der Waals surface area (Å²) in [5, 5.41) is 11.8. The Morgan fingerprint density at radius 1 is 1.19 bits per heavy atom. The predicted octanol–water partition coefficient (Wildman–Crippen LogP) is 2.60. The number of nitrogens with zero attached hydrogens (tertiary/aromatic N) is 4. The number of aromatic nitrogens is 2. The second-order valence-electron chi connectivity index (χ2n) is 6.50. The number of rotatable bonds is 3. The zero-order valence-electron chi connectivity index (χ0n) is 14.6. The van der Waals surface area contributed by atoms with E-state index in [2.05, 4.69) is 14.9 Å². The third-order valence-corrected chi connectivity index (χ3v) is 5.68. The summed E-state index contributed by atoms with van der Waals surface area (Å²) in [6.07, 6.45) is 1.92. The molecular formula is C19H20N4O2S. The maximum absolute atomic E-state index is 12.6. The summed E-state index contributed by atoms with van der Waals surface area (Å²) in [5.41, 5.74) is 2.63. The average Bonchev–Trinajstić information content (AvgIpc) is 3.14. The molecule has 0 atom stereocenters. The molecule has 2 aromatic heterocycles. The highest BCUT2D eigenvalue weighted by molar-refractivity contribution is 7.17. The van der Waals surface area contributed by atoms with Crippen LogP contribution in [-0.2, 0) is 11.2 Å². The van der Waals surface area contributed by atoms with Crippen LogP contribution in [0.3, 0.4) is 0 Å². The molecule has 3 aromatic rings. The van der Waals surface area contributed by atoms with Gasteiger partial charge in [-0.3, -0.25) is 4.79 Å². The first kappa shape index (κ1) is 16.8. The Bertz CT molecular complexity index is 948. The van der Waals surface area contributed by atoms with E-state index in [0.717, 1.165) is 40.3 Å². The summed E-state index contributed by atoms with van der Waals surface area (Å²) in [6.45, 7) is 4.71. The molecule has 1 amide bonds. The number of phenols is 1. The molecule has 0 radical (unpaired) electrons. The van der Waals surface area contributed by atoms with Crippen LogP contribution < -0.4 is 4.90 Å². The molecule has 26 heavy (non-hydrogen) atoms. The number of fused-ring (bicyclic) bond motifs is 1. The Kier molecular flexibility index (Phi) is 4.46. The van der Waals surface area contributed by atoms with Crippen molar-refractivity contribution >= 4 is 33.3 Å². The van der Waals surface area contributed by atoms with Crippen LogP contribution in [0.4, 0.5) is 5.82 Å². The Morgan fingerprint density at radius 2 is 2.00 bits per heavy atom. The minimum atomic E-state index is 0.0943. The number of hydrogen-bond acceptors (Lipinski definition) is 6. The van der Waals surface area contributed by atoms with E-state index in [1.165, 1.54) is 0 Å². The SMILES string of the molecule is Cc1ccc(CC(=O)N2CCN(c3ncnc4ccsc34)CC2)cc1O. The fourth-order valence-corrected chi connectivity index (χ4v) is 4.08. The van der Waals surface area contributed by atoms with E-state index in [0.29, 0.717) is 19.5 Å². The van der Waals surface area contributed by atoms with Crippen LogP contribution in [0, 0.1) is 6.92 Å². The number of amides is 1. The van der Waals surface area contributed by atoms with Crippen molar-refractivity contribution in [3.63, 3.8) is 0 Å². The first-order chi connectivity index (χ1) is 12.6. The summed E-state index contributed by atoms with van der Waals surface area (Å²) in [7, 11) is 0. The molecule has 0 saturated carbocycles. The highest BCUT2D eigenvalue weighted by Gasteiger charge is 2.23. The Labute approximate surface area is 155 Å². The minimum Gasteiger partial charge on any atom is -0.508 e. The van der Waals surface area contributed by atoms with E-state index in [4.69, 9.17) is 0 Å². The van der Waals surface area contributed by atoms with Gasteiger partial charge in [0.1, 0.15) is 17.9 Å². The van der Waals surface area contributed by atoms with Crippen LogP contribution in [0.1, 0.15) is 11.1 Å². The topological polar surface area (TPSA) is 69.6 Å². The van der Waals surface area contributed by atoms with E-state index in [1.54, 1.807) is 23.7 Å². The van der Waals surface area contributed by atoms with E-state index in [9.17, 15) is 9.90 Å². The fourth-order valence-electron chi connectivity index (χ4n) is 3.22. The Morgan fingerprint density at radius 3 is 2.77 bits per heavy atom. The number of anilines is 1. The van der Waals surface area contributed by atoms with Gasteiger partial charge in [0.05, 0.1) is 16.6 Å². The van der Waals surface area contributed by atoms with Gasteiger partial charge in [-0.05, 0) is 35.6 Å². The number of thiophene rings is 1. The first-order valence-electron chi connectivity index (χ1n) is 8.61. The lowest BCUT2D eigenvalue weighted by molar-refractivity contribution is -0.130. The van der Waals surface area contributed by atoms with Gasteiger partial charge in [-0.2, -0.15) is 0 Å². The van der Waals surface area contributed by atoms with Crippen molar-refractivity contribution in [2.45, 2.75) is 13.3 Å². The van der Waals surface area contributed by atoms with E-state index in [1.807, 2.05) is 35.4 Å². The highest BCUT2D eigenvalue weighted by atomic mass is 32.1. The molecule has 0 bridgehead atoms. The molecule has 0 spiro atoms. The van der Waals surface area contributed by atoms with E-state index >= 15 is 0 Å². The van der Waals surface area contributed by atoms with E-state index in [-0.39, 0.29) is 11.7 Å². The van der Waals surface area contributed by atoms with Crippen LogP contribution in [0.15, 0.2) is 36.0 Å². The molecule has 1 aliphatic rings. The zero-order chi connectivity index (χ0) is 18.1. The minimum absolute atomic E-state index is 0.0943. The number of benzene rings is 1. The maximum Gasteiger partial charge on any atom is 0.227 e. The lowest BCUT2D eigenvalue weighted by Gasteiger charge is -2.35. The third-order valence-electron chi connectivity index (χ3n) is 4.79. The Hall–Kier alpha value is -2.67. The fraction of sp³-hybridized carbons (Fsp3) is 0.316. The second kappa shape index (κ2) is 6.92. The van der Waals surface area contributed by atoms with Crippen LogP contribution in [-0.4, -0.2) is 52.1 Å². The number of aryl methyl sites for hydroxylation is 1. The van der Waals surface area contributed by atoms with Crippen LogP contribution in [0.5, 0.6) is 5.75 Å². The lowest BCUT2D eigenvalue weighted by atomic mass is 10.1. The molecular weight excluding hydrogens is 348 g/mol. The number of piperazine rings is 1.